The first-order valence-corrected chi connectivity index (χ1v) is 7.74. The normalized spacial score (nSPS) is 17.0. The molecule has 0 bridgehead atoms. The quantitative estimate of drug-likeness (QED) is 0.652. The lowest BCUT2D eigenvalue weighted by Crippen LogP contribution is -2.13. The maximum Gasteiger partial charge on any atom is 0.0522 e. The topological polar surface area (TPSA) is 17.8 Å². The molecule has 0 atom stereocenters. The molecule has 0 amide bonds. The summed E-state index contributed by atoms with van der Waals surface area (Å²) in [5, 5.41) is 2.63. The molecule has 0 spiro atoms. The molecule has 1 fully saturated rings. The SMILES string of the molecule is c1ccc2c(c1)c1cnccc1n2CC1CCCCC1. The monoisotopic (exact) mass is 264 g/mol. The second-order valence-electron chi connectivity index (χ2n) is 6.02. The van der Waals surface area contributed by atoms with Crippen molar-refractivity contribution in [3.05, 3.63) is 42.7 Å². The molecule has 0 saturated heterocycles. The number of benzene rings is 1. The van der Waals surface area contributed by atoms with Crippen LogP contribution in [0.2, 0.25) is 0 Å². The number of nitrogens with zero attached hydrogens (tertiary/aromatic N) is 2. The third kappa shape index (κ3) is 1.91. The molecule has 0 N–H and O–H groups in total. The third-order valence-corrected chi connectivity index (χ3v) is 4.74. The van der Waals surface area contributed by atoms with E-state index in [0.717, 1.165) is 12.5 Å². The minimum Gasteiger partial charge on any atom is -0.340 e. The van der Waals surface area contributed by atoms with Crippen molar-refractivity contribution in [2.24, 2.45) is 5.92 Å². The summed E-state index contributed by atoms with van der Waals surface area (Å²) < 4.78 is 2.52. The van der Waals surface area contributed by atoms with E-state index < -0.39 is 0 Å². The van der Waals surface area contributed by atoms with Crippen molar-refractivity contribution in [3.63, 3.8) is 0 Å². The fourth-order valence-corrected chi connectivity index (χ4v) is 3.72. The standard InChI is InChI=1S/C18H20N2/c1-2-6-14(7-3-1)13-20-17-9-5-4-8-15(17)16-12-19-11-10-18(16)20/h4-5,8-12,14H,1-3,6-7,13H2. The average Bonchev–Trinajstić information content (AvgIpc) is 2.84. The molecule has 2 nitrogen and oxygen atoms in total. The van der Waals surface area contributed by atoms with Crippen molar-refractivity contribution in [1.82, 2.24) is 9.55 Å². The lowest BCUT2D eigenvalue weighted by atomic mass is 9.89. The van der Waals surface area contributed by atoms with Crippen LogP contribution in [0.4, 0.5) is 0 Å². The Morgan fingerprint density at radius 1 is 0.950 bits per heavy atom. The number of hydrogen-bond acceptors (Lipinski definition) is 1. The van der Waals surface area contributed by atoms with Crippen molar-refractivity contribution in [2.45, 2.75) is 38.6 Å². The van der Waals surface area contributed by atoms with Gasteiger partial charge in [0.05, 0.1) is 5.52 Å². The van der Waals surface area contributed by atoms with Crippen LogP contribution < -0.4 is 0 Å². The highest BCUT2D eigenvalue weighted by molar-refractivity contribution is 6.07. The average molecular weight is 264 g/mol. The van der Waals surface area contributed by atoms with Crippen LogP contribution in [0.3, 0.4) is 0 Å². The van der Waals surface area contributed by atoms with Gasteiger partial charge >= 0.3 is 0 Å². The van der Waals surface area contributed by atoms with Gasteiger partial charge in [0.15, 0.2) is 0 Å². The van der Waals surface area contributed by atoms with Crippen molar-refractivity contribution < 1.29 is 0 Å². The Labute approximate surface area is 119 Å². The Morgan fingerprint density at radius 3 is 2.65 bits per heavy atom. The van der Waals surface area contributed by atoms with E-state index in [1.807, 2.05) is 12.4 Å². The van der Waals surface area contributed by atoms with E-state index in [9.17, 15) is 0 Å². The van der Waals surface area contributed by atoms with Crippen molar-refractivity contribution in [3.8, 4) is 0 Å². The highest BCUT2D eigenvalue weighted by Crippen LogP contribution is 2.32. The maximum absolute atomic E-state index is 4.31. The predicted octanol–water partition coefficient (Wildman–Crippen LogP) is 4.77. The molecule has 1 aromatic carbocycles. The summed E-state index contributed by atoms with van der Waals surface area (Å²) >= 11 is 0. The molecule has 20 heavy (non-hydrogen) atoms. The number of hydrogen-bond donors (Lipinski definition) is 0. The molecule has 102 valence electrons. The molecule has 0 aliphatic heterocycles. The fourth-order valence-electron chi connectivity index (χ4n) is 3.72. The number of rotatable bonds is 2. The smallest absolute Gasteiger partial charge is 0.0522 e. The van der Waals surface area contributed by atoms with Crippen LogP contribution in [0, 0.1) is 5.92 Å². The summed E-state index contributed by atoms with van der Waals surface area (Å²) in [5.41, 5.74) is 2.70. The van der Waals surface area contributed by atoms with Gasteiger partial charge in [0.25, 0.3) is 0 Å². The minimum absolute atomic E-state index is 0.843. The summed E-state index contributed by atoms with van der Waals surface area (Å²) in [5.74, 6) is 0.843. The molecule has 1 aliphatic carbocycles. The van der Waals surface area contributed by atoms with Gasteiger partial charge in [-0.05, 0) is 30.9 Å². The van der Waals surface area contributed by atoms with E-state index in [-0.39, 0.29) is 0 Å². The zero-order chi connectivity index (χ0) is 13.4. The number of aromatic nitrogens is 2. The van der Waals surface area contributed by atoms with Gasteiger partial charge < -0.3 is 4.57 Å². The summed E-state index contributed by atoms with van der Waals surface area (Å²) in [6, 6.07) is 10.9. The molecule has 1 aliphatic rings. The van der Waals surface area contributed by atoms with Gasteiger partial charge in [-0.1, -0.05) is 37.5 Å². The summed E-state index contributed by atoms with van der Waals surface area (Å²) in [4.78, 5) is 4.31. The van der Waals surface area contributed by atoms with E-state index in [0.29, 0.717) is 0 Å². The Bertz CT molecular complexity index is 682. The zero-order valence-electron chi connectivity index (χ0n) is 11.8. The predicted molar refractivity (Wildman–Crippen MR) is 83.8 cm³/mol. The van der Waals surface area contributed by atoms with E-state index >= 15 is 0 Å². The first-order chi connectivity index (χ1) is 9.93. The van der Waals surface area contributed by atoms with Crippen LogP contribution in [-0.4, -0.2) is 9.55 Å². The Morgan fingerprint density at radius 2 is 1.75 bits per heavy atom. The van der Waals surface area contributed by atoms with E-state index in [4.69, 9.17) is 0 Å². The van der Waals surface area contributed by atoms with Gasteiger partial charge in [-0.25, -0.2) is 0 Å². The summed E-state index contributed by atoms with van der Waals surface area (Å²) in [6.45, 7) is 1.16. The Hall–Kier alpha value is -1.83. The van der Waals surface area contributed by atoms with Crippen LogP contribution in [0.5, 0.6) is 0 Å². The lowest BCUT2D eigenvalue weighted by Gasteiger charge is -2.23. The van der Waals surface area contributed by atoms with Crippen LogP contribution in [0.25, 0.3) is 21.8 Å². The molecule has 0 unspecified atom stereocenters. The lowest BCUT2D eigenvalue weighted by molar-refractivity contribution is 0.325. The third-order valence-electron chi connectivity index (χ3n) is 4.74. The Balaban J connectivity index is 1.86. The van der Waals surface area contributed by atoms with Crippen molar-refractivity contribution in [2.75, 3.05) is 0 Å². The zero-order valence-corrected chi connectivity index (χ0v) is 11.8. The second-order valence-corrected chi connectivity index (χ2v) is 6.02. The molecule has 1 saturated carbocycles. The van der Waals surface area contributed by atoms with Gasteiger partial charge in [0.1, 0.15) is 0 Å². The van der Waals surface area contributed by atoms with Gasteiger partial charge in [0.2, 0.25) is 0 Å². The van der Waals surface area contributed by atoms with Crippen molar-refractivity contribution >= 4 is 21.8 Å². The molecule has 3 aromatic rings. The number of pyridine rings is 1. The minimum atomic E-state index is 0.843. The number of fused-ring (bicyclic) bond motifs is 3. The number of para-hydroxylation sites is 1. The van der Waals surface area contributed by atoms with E-state index in [1.165, 1.54) is 53.9 Å². The second kappa shape index (κ2) is 4.93. The van der Waals surface area contributed by atoms with Crippen LogP contribution in [-0.2, 0) is 6.54 Å². The molecule has 2 heteroatoms. The van der Waals surface area contributed by atoms with Gasteiger partial charge in [-0.15, -0.1) is 0 Å². The molecule has 2 heterocycles. The summed E-state index contributed by atoms with van der Waals surface area (Å²) in [6.07, 6.45) is 10.9. The molecule has 0 radical (unpaired) electrons. The molecule has 4 rings (SSSR count). The first-order valence-electron chi connectivity index (χ1n) is 7.74. The molecule has 2 aromatic heterocycles. The highest BCUT2D eigenvalue weighted by atomic mass is 15.0. The summed E-state index contributed by atoms with van der Waals surface area (Å²) in [7, 11) is 0. The van der Waals surface area contributed by atoms with Crippen LogP contribution in [0.15, 0.2) is 42.7 Å². The van der Waals surface area contributed by atoms with Crippen LogP contribution in [0.1, 0.15) is 32.1 Å². The van der Waals surface area contributed by atoms with Gasteiger partial charge in [-0.2, -0.15) is 0 Å². The van der Waals surface area contributed by atoms with Crippen LogP contribution >= 0.6 is 0 Å². The van der Waals surface area contributed by atoms with E-state index in [1.54, 1.807) is 0 Å². The van der Waals surface area contributed by atoms with Crippen molar-refractivity contribution in [1.29, 1.82) is 0 Å². The maximum atomic E-state index is 4.31. The largest absolute Gasteiger partial charge is 0.340 e. The molecular formula is C18H20N2. The highest BCUT2D eigenvalue weighted by Gasteiger charge is 2.17. The Kier molecular flexibility index (Phi) is 2.95. The van der Waals surface area contributed by atoms with Gasteiger partial charge in [0, 0.05) is 35.2 Å². The fraction of sp³-hybridized carbons (Fsp3) is 0.389. The van der Waals surface area contributed by atoms with Gasteiger partial charge in [-0.3, -0.25) is 4.98 Å². The van der Waals surface area contributed by atoms with E-state index in [2.05, 4.69) is 39.9 Å². The molecular weight excluding hydrogens is 244 g/mol. The first kappa shape index (κ1) is 12.0.